The molecule has 0 aliphatic heterocycles. The maximum absolute atomic E-state index is 3.64. The number of nitrogens with one attached hydrogen (secondary N) is 1. The zero-order valence-corrected chi connectivity index (χ0v) is 15.4. The molecule has 0 bridgehead atoms. The summed E-state index contributed by atoms with van der Waals surface area (Å²) in [5.41, 5.74) is 1.66. The van der Waals surface area contributed by atoms with Crippen LogP contribution >= 0.6 is 0 Å². The molecular weight excluding hydrogens is 310 g/mol. The van der Waals surface area contributed by atoms with Crippen LogP contribution in [-0.2, 0) is 23.6 Å². The third-order valence-electron chi connectivity index (χ3n) is 3.71. The van der Waals surface area contributed by atoms with E-state index in [1.54, 1.807) is 0 Å². The standard InChI is InChI=1S/C15H26N.C5H5.Fe/c1-4-5-6-9-12-15(2,3)16-13-14-10-7-8-11-14;1-2-4-5-3-1;/h7-8,10-11,16H,4-6,9,12-13H2,1-3H3;1-5H;/q-1;-5;. The van der Waals surface area contributed by atoms with Gasteiger partial charge in [0.15, 0.2) is 0 Å². The van der Waals surface area contributed by atoms with Gasteiger partial charge in [0, 0.05) is 22.6 Å². The zero-order chi connectivity index (χ0) is 15.4. The van der Waals surface area contributed by atoms with Gasteiger partial charge in [0.25, 0.3) is 0 Å². The Morgan fingerprint density at radius 3 is 1.95 bits per heavy atom. The molecular formula is C20H31FeN-6. The summed E-state index contributed by atoms with van der Waals surface area (Å²) in [4.78, 5) is 0. The molecule has 0 aliphatic carbocycles. The van der Waals surface area contributed by atoms with Crippen molar-refractivity contribution in [3.05, 3.63) is 60.2 Å². The van der Waals surface area contributed by atoms with Crippen LogP contribution in [0.5, 0.6) is 0 Å². The van der Waals surface area contributed by atoms with E-state index < -0.39 is 0 Å². The van der Waals surface area contributed by atoms with Gasteiger partial charge in [-0.3, -0.25) is 0 Å². The Hall–Kier alpha value is -0.821. The molecule has 22 heavy (non-hydrogen) atoms. The fourth-order valence-electron chi connectivity index (χ4n) is 2.28. The minimum atomic E-state index is 0. The largest absolute Gasteiger partial charge is 0.748 e. The molecule has 2 aromatic rings. The van der Waals surface area contributed by atoms with Crippen LogP contribution in [0.25, 0.3) is 0 Å². The van der Waals surface area contributed by atoms with Gasteiger partial charge in [0.05, 0.1) is 0 Å². The van der Waals surface area contributed by atoms with Gasteiger partial charge in [-0.1, -0.05) is 32.6 Å². The van der Waals surface area contributed by atoms with E-state index in [1.165, 1.54) is 37.7 Å². The predicted molar refractivity (Wildman–Crippen MR) is 93.7 cm³/mol. The van der Waals surface area contributed by atoms with E-state index >= 15 is 0 Å². The molecule has 0 saturated carbocycles. The van der Waals surface area contributed by atoms with E-state index in [9.17, 15) is 0 Å². The summed E-state index contributed by atoms with van der Waals surface area (Å²) in [6.45, 7) is 7.87. The smallest absolute Gasteiger partial charge is 0.0117 e. The molecule has 0 atom stereocenters. The van der Waals surface area contributed by atoms with Gasteiger partial charge in [-0.05, 0) is 26.8 Å². The van der Waals surface area contributed by atoms with Crippen LogP contribution in [0.2, 0.25) is 0 Å². The van der Waals surface area contributed by atoms with Gasteiger partial charge in [-0.15, -0.1) is 5.56 Å². The maximum atomic E-state index is 3.64. The summed E-state index contributed by atoms with van der Waals surface area (Å²) >= 11 is 0. The van der Waals surface area contributed by atoms with Crippen molar-refractivity contribution >= 4 is 0 Å². The number of hydrogen-bond acceptors (Lipinski definition) is 1. The first-order chi connectivity index (χ1) is 10.1. The van der Waals surface area contributed by atoms with Crippen molar-refractivity contribution < 1.29 is 17.1 Å². The average molecular weight is 341 g/mol. The Morgan fingerprint density at radius 1 is 0.909 bits per heavy atom. The summed E-state index contributed by atoms with van der Waals surface area (Å²) in [5, 5.41) is 3.64. The number of hydrogen-bond donors (Lipinski definition) is 1. The summed E-state index contributed by atoms with van der Waals surface area (Å²) in [6.07, 6.45) is 6.68. The Kier molecular flexibility index (Phi) is 12.2. The van der Waals surface area contributed by atoms with Gasteiger partial charge < -0.3 is 35.6 Å². The molecule has 0 aliphatic rings. The number of rotatable bonds is 8. The minimum Gasteiger partial charge on any atom is -0.748 e. The molecule has 0 saturated heterocycles. The van der Waals surface area contributed by atoms with E-state index in [1.807, 2.05) is 30.3 Å². The van der Waals surface area contributed by atoms with Gasteiger partial charge in [0.1, 0.15) is 0 Å². The van der Waals surface area contributed by atoms with E-state index in [2.05, 4.69) is 50.4 Å². The van der Waals surface area contributed by atoms with Crippen LogP contribution in [0.1, 0.15) is 58.4 Å². The molecule has 2 aromatic carbocycles. The van der Waals surface area contributed by atoms with Crippen LogP contribution in [-0.4, -0.2) is 5.54 Å². The first kappa shape index (κ1) is 21.2. The Balaban J connectivity index is 0.000000622. The zero-order valence-electron chi connectivity index (χ0n) is 14.3. The topological polar surface area (TPSA) is 12.0 Å². The van der Waals surface area contributed by atoms with Crippen molar-refractivity contribution in [3.8, 4) is 0 Å². The monoisotopic (exact) mass is 341 g/mol. The minimum absolute atomic E-state index is 0. The molecule has 130 valence electrons. The van der Waals surface area contributed by atoms with Crippen molar-refractivity contribution in [3.63, 3.8) is 0 Å². The quantitative estimate of drug-likeness (QED) is 0.372. The first-order valence-corrected chi connectivity index (χ1v) is 8.26. The molecule has 1 N–H and O–H groups in total. The van der Waals surface area contributed by atoms with Crippen molar-refractivity contribution in [2.45, 2.75) is 65.0 Å². The molecule has 1 nitrogen and oxygen atoms in total. The molecule has 0 spiro atoms. The third kappa shape index (κ3) is 10.8. The van der Waals surface area contributed by atoms with Crippen LogP contribution in [0, 0.1) is 0 Å². The Morgan fingerprint density at radius 2 is 1.45 bits per heavy atom. The Bertz CT molecular complexity index is 397. The Labute approximate surface area is 147 Å². The van der Waals surface area contributed by atoms with Crippen molar-refractivity contribution in [2.24, 2.45) is 0 Å². The molecule has 0 amide bonds. The fourth-order valence-corrected chi connectivity index (χ4v) is 2.28. The van der Waals surface area contributed by atoms with Crippen LogP contribution in [0.3, 0.4) is 0 Å². The average Bonchev–Trinajstić information content (AvgIpc) is 3.16. The second-order valence-corrected chi connectivity index (χ2v) is 6.30. The molecule has 2 heteroatoms. The van der Waals surface area contributed by atoms with Gasteiger partial charge >= 0.3 is 0 Å². The summed E-state index contributed by atoms with van der Waals surface area (Å²) < 4.78 is 0. The fraction of sp³-hybridized carbons (Fsp3) is 0.500. The van der Waals surface area contributed by atoms with Gasteiger partial charge in [-0.2, -0.15) is 12.1 Å². The number of unbranched alkanes of at least 4 members (excludes halogenated alkanes) is 3. The molecule has 0 heterocycles. The predicted octanol–water partition coefficient (Wildman–Crippen LogP) is 5.65. The first-order valence-electron chi connectivity index (χ1n) is 8.26. The second-order valence-electron chi connectivity index (χ2n) is 6.30. The van der Waals surface area contributed by atoms with Gasteiger partial charge in [-0.25, -0.2) is 12.1 Å². The summed E-state index contributed by atoms with van der Waals surface area (Å²) in [6, 6.07) is 18.6. The van der Waals surface area contributed by atoms with Crippen LogP contribution in [0.15, 0.2) is 54.6 Å². The maximum Gasteiger partial charge on any atom is 0.0117 e. The van der Waals surface area contributed by atoms with E-state index in [0.717, 1.165) is 6.54 Å². The van der Waals surface area contributed by atoms with Crippen LogP contribution in [0.4, 0.5) is 0 Å². The second kappa shape index (κ2) is 12.7. The van der Waals surface area contributed by atoms with Crippen molar-refractivity contribution in [2.75, 3.05) is 0 Å². The summed E-state index contributed by atoms with van der Waals surface area (Å²) in [5.74, 6) is 0. The van der Waals surface area contributed by atoms with Crippen molar-refractivity contribution in [1.82, 2.24) is 5.32 Å². The summed E-state index contributed by atoms with van der Waals surface area (Å²) in [7, 11) is 0. The van der Waals surface area contributed by atoms with Crippen LogP contribution < -0.4 is 5.32 Å². The van der Waals surface area contributed by atoms with E-state index in [-0.39, 0.29) is 22.6 Å². The SMILES string of the molecule is CCCCCCC(C)(C)NC[c-]1cccc1.[Fe].[cH-]1[cH-][cH-][cH-][cH-]1. The van der Waals surface area contributed by atoms with Crippen molar-refractivity contribution in [1.29, 1.82) is 0 Å². The molecule has 0 fully saturated rings. The molecule has 2 rings (SSSR count). The van der Waals surface area contributed by atoms with Gasteiger partial charge in [0.2, 0.25) is 0 Å². The molecule has 0 aromatic heterocycles. The normalized spacial score (nSPS) is 10.5. The molecule has 0 unspecified atom stereocenters. The third-order valence-corrected chi connectivity index (χ3v) is 3.71. The van der Waals surface area contributed by atoms with E-state index in [4.69, 9.17) is 0 Å². The molecule has 0 radical (unpaired) electrons. The van der Waals surface area contributed by atoms with E-state index in [0.29, 0.717) is 0 Å².